The highest BCUT2D eigenvalue weighted by Gasteiger charge is 2.13. The van der Waals surface area contributed by atoms with Crippen LogP contribution in [0.1, 0.15) is 19.3 Å². The molecule has 0 radical (unpaired) electrons. The van der Waals surface area contributed by atoms with E-state index >= 15 is 0 Å². The second-order valence-corrected chi connectivity index (χ2v) is 5.96. The number of fused-ring (bicyclic) bond motifs is 1. The summed E-state index contributed by atoms with van der Waals surface area (Å²) in [5.74, 6) is 1.48. The number of rotatable bonds is 5. The van der Waals surface area contributed by atoms with E-state index in [1.54, 1.807) is 18.2 Å². The molecule has 0 aromatic heterocycles. The van der Waals surface area contributed by atoms with Gasteiger partial charge in [0.1, 0.15) is 0 Å². The van der Waals surface area contributed by atoms with Crippen LogP contribution < -0.4 is 9.47 Å². The molecule has 0 aliphatic carbocycles. The minimum absolute atomic E-state index is 0.277. The number of methoxy groups -OCH3 is 1. The molecule has 0 saturated heterocycles. The Labute approximate surface area is 120 Å². The lowest BCUT2D eigenvalue weighted by Gasteiger charge is -2.09. The number of benzene rings is 1. The summed E-state index contributed by atoms with van der Waals surface area (Å²) in [4.78, 5) is 11.7. The lowest BCUT2D eigenvalue weighted by molar-refractivity contribution is -0.140. The fraction of sp³-hybridized carbons (Fsp3) is 0.500. The third kappa shape index (κ3) is 3.96. The van der Waals surface area contributed by atoms with Crippen molar-refractivity contribution in [2.24, 2.45) is 0 Å². The summed E-state index contributed by atoms with van der Waals surface area (Å²) in [6.45, 7) is 1.24. The molecule has 1 aromatic rings. The van der Waals surface area contributed by atoms with Crippen LogP contribution in [0.25, 0.3) is 0 Å². The molecule has 0 saturated carbocycles. The van der Waals surface area contributed by atoms with Gasteiger partial charge in [-0.15, -0.1) is 0 Å². The Hall–Kier alpha value is -1.56. The lowest BCUT2D eigenvalue weighted by atomic mass is 10.3. The Morgan fingerprint density at radius 3 is 2.80 bits per heavy atom. The van der Waals surface area contributed by atoms with Crippen LogP contribution in [0, 0.1) is 0 Å². The van der Waals surface area contributed by atoms with Crippen molar-refractivity contribution in [3.63, 3.8) is 0 Å². The maximum Gasteiger partial charge on any atom is 0.305 e. The van der Waals surface area contributed by atoms with Crippen molar-refractivity contribution in [2.75, 3.05) is 26.1 Å². The summed E-state index contributed by atoms with van der Waals surface area (Å²) in [5.41, 5.74) is 0. The zero-order valence-electron chi connectivity index (χ0n) is 11.4. The SMILES string of the molecule is COC(=O)CCCS(=O)c1ccc2c(c1)OCCCO2. The summed E-state index contributed by atoms with van der Waals surface area (Å²) in [7, 11) is 0.201. The highest BCUT2D eigenvalue weighted by atomic mass is 32.2. The summed E-state index contributed by atoms with van der Waals surface area (Å²) in [6.07, 6.45) is 1.66. The monoisotopic (exact) mass is 298 g/mol. The molecule has 1 atom stereocenters. The second-order valence-electron chi connectivity index (χ2n) is 4.39. The van der Waals surface area contributed by atoms with Gasteiger partial charge in [0.15, 0.2) is 11.5 Å². The molecule has 1 aliphatic rings. The molecule has 5 nitrogen and oxygen atoms in total. The summed E-state index contributed by atoms with van der Waals surface area (Å²) < 4.78 is 27.8. The van der Waals surface area contributed by atoms with Gasteiger partial charge >= 0.3 is 5.97 Å². The second kappa shape index (κ2) is 7.28. The van der Waals surface area contributed by atoms with Gasteiger partial charge in [-0.05, 0) is 18.6 Å². The van der Waals surface area contributed by atoms with E-state index in [1.807, 2.05) is 0 Å². The number of hydrogen-bond acceptors (Lipinski definition) is 5. The normalized spacial score (nSPS) is 15.2. The first-order valence-corrected chi connectivity index (χ1v) is 7.87. The van der Waals surface area contributed by atoms with E-state index in [1.165, 1.54) is 7.11 Å². The van der Waals surface area contributed by atoms with Gasteiger partial charge in [-0.25, -0.2) is 0 Å². The van der Waals surface area contributed by atoms with E-state index < -0.39 is 10.8 Å². The molecular formula is C14H18O5S. The zero-order valence-corrected chi connectivity index (χ0v) is 12.2. The Morgan fingerprint density at radius 1 is 1.30 bits per heavy atom. The van der Waals surface area contributed by atoms with Gasteiger partial charge in [0.05, 0.1) is 31.1 Å². The lowest BCUT2D eigenvalue weighted by Crippen LogP contribution is -2.05. The fourth-order valence-corrected chi connectivity index (χ4v) is 2.95. The zero-order chi connectivity index (χ0) is 14.4. The van der Waals surface area contributed by atoms with Crippen LogP contribution in [0.5, 0.6) is 11.5 Å². The van der Waals surface area contributed by atoms with E-state index in [2.05, 4.69) is 4.74 Å². The average Bonchev–Trinajstić information content (AvgIpc) is 2.71. The Bertz CT molecular complexity index is 500. The largest absolute Gasteiger partial charge is 0.490 e. The Balaban J connectivity index is 1.96. The highest BCUT2D eigenvalue weighted by molar-refractivity contribution is 7.85. The van der Waals surface area contributed by atoms with E-state index in [0.29, 0.717) is 41.8 Å². The predicted molar refractivity (Wildman–Crippen MR) is 74.6 cm³/mol. The molecule has 0 amide bonds. The molecule has 110 valence electrons. The number of carbonyl (C=O) groups is 1. The smallest absolute Gasteiger partial charge is 0.305 e. The van der Waals surface area contributed by atoms with E-state index in [9.17, 15) is 9.00 Å². The van der Waals surface area contributed by atoms with Crippen molar-refractivity contribution < 1.29 is 23.2 Å². The van der Waals surface area contributed by atoms with Gasteiger partial charge in [-0.2, -0.15) is 0 Å². The van der Waals surface area contributed by atoms with Gasteiger partial charge in [-0.3, -0.25) is 9.00 Å². The van der Waals surface area contributed by atoms with Crippen LogP contribution in [0.4, 0.5) is 0 Å². The topological polar surface area (TPSA) is 61.8 Å². The predicted octanol–water partition coefficient (Wildman–Crippen LogP) is 1.91. The van der Waals surface area contributed by atoms with E-state index in [-0.39, 0.29) is 12.4 Å². The molecule has 0 N–H and O–H groups in total. The van der Waals surface area contributed by atoms with Crippen LogP contribution in [0.2, 0.25) is 0 Å². The third-order valence-electron chi connectivity index (χ3n) is 2.92. The first-order valence-electron chi connectivity index (χ1n) is 6.55. The maximum absolute atomic E-state index is 12.1. The molecule has 1 aromatic carbocycles. The fourth-order valence-electron chi connectivity index (χ4n) is 1.85. The van der Waals surface area contributed by atoms with Crippen molar-refractivity contribution in [3.05, 3.63) is 18.2 Å². The first-order chi connectivity index (χ1) is 9.70. The minimum atomic E-state index is -1.15. The van der Waals surface area contributed by atoms with Gasteiger partial charge in [0.25, 0.3) is 0 Å². The van der Waals surface area contributed by atoms with Gasteiger partial charge in [0, 0.05) is 29.6 Å². The number of ether oxygens (including phenoxy) is 3. The minimum Gasteiger partial charge on any atom is -0.490 e. The molecule has 1 heterocycles. The third-order valence-corrected chi connectivity index (χ3v) is 4.36. The van der Waals surface area contributed by atoms with Crippen molar-refractivity contribution >= 4 is 16.8 Å². The summed E-state index contributed by atoms with van der Waals surface area (Å²) in [6, 6.07) is 5.32. The molecular weight excluding hydrogens is 280 g/mol. The van der Waals surface area contributed by atoms with Crippen LogP contribution in [-0.4, -0.2) is 36.3 Å². The Morgan fingerprint density at radius 2 is 2.05 bits per heavy atom. The molecule has 2 rings (SSSR count). The molecule has 1 unspecified atom stereocenters. The van der Waals surface area contributed by atoms with E-state index in [0.717, 1.165) is 6.42 Å². The molecule has 0 spiro atoms. The number of hydrogen-bond donors (Lipinski definition) is 0. The summed E-state index contributed by atoms with van der Waals surface area (Å²) >= 11 is 0. The molecule has 20 heavy (non-hydrogen) atoms. The van der Waals surface area contributed by atoms with Crippen LogP contribution in [-0.2, 0) is 20.3 Å². The van der Waals surface area contributed by atoms with Gasteiger partial charge in [0.2, 0.25) is 0 Å². The van der Waals surface area contributed by atoms with Gasteiger partial charge < -0.3 is 14.2 Å². The van der Waals surface area contributed by atoms with Crippen LogP contribution >= 0.6 is 0 Å². The highest BCUT2D eigenvalue weighted by Crippen LogP contribution is 2.31. The molecule has 6 heteroatoms. The summed E-state index contributed by atoms with van der Waals surface area (Å²) in [5, 5.41) is 0. The molecule has 0 fully saturated rings. The number of carbonyl (C=O) groups excluding carboxylic acids is 1. The standard InChI is InChI=1S/C14H18O5S/c1-17-14(15)4-2-9-20(16)11-5-6-12-13(10-11)19-8-3-7-18-12/h5-6,10H,2-4,7-9H2,1H3. The quantitative estimate of drug-likeness (QED) is 0.777. The average molecular weight is 298 g/mol. The van der Waals surface area contributed by atoms with Gasteiger partial charge in [-0.1, -0.05) is 0 Å². The maximum atomic E-state index is 12.1. The van der Waals surface area contributed by atoms with Crippen molar-refractivity contribution in [2.45, 2.75) is 24.2 Å². The Kier molecular flexibility index (Phi) is 5.40. The molecule has 0 bridgehead atoms. The van der Waals surface area contributed by atoms with Crippen molar-refractivity contribution in [1.29, 1.82) is 0 Å². The van der Waals surface area contributed by atoms with Crippen molar-refractivity contribution in [3.8, 4) is 11.5 Å². The first kappa shape index (κ1) is 14.8. The van der Waals surface area contributed by atoms with Crippen LogP contribution in [0.3, 0.4) is 0 Å². The van der Waals surface area contributed by atoms with Crippen molar-refractivity contribution in [1.82, 2.24) is 0 Å². The molecule has 1 aliphatic heterocycles. The number of esters is 1. The van der Waals surface area contributed by atoms with E-state index in [4.69, 9.17) is 9.47 Å². The van der Waals surface area contributed by atoms with Crippen LogP contribution in [0.15, 0.2) is 23.1 Å².